The molecule has 0 rings (SSSR count). The van der Waals surface area contributed by atoms with Crippen molar-refractivity contribution in [3.8, 4) is 0 Å². The molecule has 0 bridgehead atoms. The second-order valence-electron chi connectivity index (χ2n) is 15.0. The number of ether oxygens (including phenoxy) is 2. The Kier molecular flexibility index (Phi) is 40.7. The zero-order chi connectivity index (χ0) is 41.1. The van der Waals surface area contributed by atoms with Crippen LogP contribution < -0.4 is 0 Å². The molecule has 9 heteroatoms. The maximum absolute atomic E-state index is 12.4. The highest BCUT2D eigenvalue weighted by atomic mass is 31.2. The molecule has 324 valence electrons. The van der Waals surface area contributed by atoms with Gasteiger partial charge in [0, 0.05) is 12.8 Å². The molecule has 0 aromatic heterocycles. The molecule has 0 aromatic rings. The Morgan fingerprint density at radius 2 is 0.857 bits per heavy atom. The van der Waals surface area contributed by atoms with Crippen LogP contribution >= 0.6 is 7.82 Å². The number of phosphoric ester groups is 1. The number of carbonyl (C=O) groups is 2. The summed E-state index contributed by atoms with van der Waals surface area (Å²) in [6.45, 7) is 3.54. The van der Waals surface area contributed by atoms with Crippen LogP contribution in [0.2, 0.25) is 0 Å². The van der Waals surface area contributed by atoms with E-state index in [0.29, 0.717) is 12.8 Å². The summed E-state index contributed by atoms with van der Waals surface area (Å²) in [5, 5.41) is 0. The molecule has 0 aliphatic carbocycles. The molecule has 0 aromatic carbocycles. The molecule has 0 unspecified atom stereocenters. The molecule has 0 saturated carbocycles. The van der Waals surface area contributed by atoms with Crippen LogP contribution in [-0.2, 0) is 28.2 Å². The number of rotatable bonds is 41. The standard InChI is InChI=1S/C47H83O8P/c1-3-5-7-9-11-13-15-17-19-21-22-23-24-26-27-29-31-33-35-37-39-41-46(48)53-43-45(44-54-56(50,51)52)55-47(49)42-40-38-36-34-32-30-28-25-20-18-16-14-12-10-8-6-4-2/h6,8,12,14,18,20,28,30,34,36,45H,3-5,7,9-11,13,15-17,19,21-27,29,31-33,35,37-44H2,1-2H3,(H2,50,51,52)/b8-6-,14-12-,20-18-,30-28-,36-34-/t45-/m1/s1. The minimum Gasteiger partial charge on any atom is -0.462 e. The van der Waals surface area contributed by atoms with Gasteiger partial charge in [-0.15, -0.1) is 0 Å². The number of phosphoric acid groups is 1. The molecular formula is C47H83O8P. The lowest BCUT2D eigenvalue weighted by atomic mass is 10.0. The topological polar surface area (TPSA) is 119 Å². The molecule has 0 amide bonds. The van der Waals surface area contributed by atoms with Crippen molar-refractivity contribution in [3.63, 3.8) is 0 Å². The van der Waals surface area contributed by atoms with Crippen molar-refractivity contribution >= 4 is 19.8 Å². The molecule has 0 fully saturated rings. The third kappa shape index (κ3) is 44.5. The molecule has 0 saturated heterocycles. The van der Waals surface area contributed by atoms with Crippen LogP contribution in [0.5, 0.6) is 0 Å². The lowest BCUT2D eigenvalue weighted by Gasteiger charge is -2.18. The molecule has 0 heterocycles. The van der Waals surface area contributed by atoms with E-state index in [4.69, 9.17) is 19.3 Å². The molecule has 56 heavy (non-hydrogen) atoms. The van der Waals surface area contributed by atoms with E-state index in [9.17, 15) is 14.2 Å². The average Bonchev–Trinajstić information content (AvgIpc) is 3.17. The normalized spacial score (nSPS) is 13.0. The second-order valence-corrected chi connectivity index (χ2v) is 16.2. The Bertz CT molecular complexity index is 1090. The van der Waals surface area contributed by atoms with Crippen molar-refractivity contribution in [2.24, 2.45) is 0 Å². The number of esters is 2. The fourth-order valence-corrected chi connectivity index (χ4v) is 6.59. The Hall–Kier alpha value is -2.25. The van der Waals surface area contributed by atoms with Crippen LogP contribution in [-0.4, -0.2) is 41.0 Å². The summed E-state index contributed by atoms with van der Waals surface area (Å²) < 4.78 is 26.4. The first-order valence-electron chi connectivity index (χ1n) is 22.6. The van der Waals surface area contributed by atoms with Crippen molar-refractivity contribution in [2.45, 2.75) is 213 Å². The lowest BCUT2D eigenvalue weighted by molar-refractivity contribution is -0.161. The average molecular weight is 807 g/mol. The van der Waals surface area contributed by atoms with Gasteiger partial charge < -0.3 is 19.3 Å². The van der Waals surface area contributed by atoms with Crippen LogP contribution in [0.25, 0.3) is 0 Å². The number of allylic oxidation sites excluding steroid dienone is 10. The van der Waals surface area contributed by atoms with Gasteiger partial charge in [0.05, 0.1) is 6.61 Å². The van der Waals surface area contributed by atoms with Gasteiger partial charge in [-0.2, -0.15) is 0 Å². The van der Waals surface area contributed by atoms with Gasteiger partial charge in [-0.05, 0) is 51.4 Å². The summed E-state index contributed by atoms with van der Waals surface area (Å²) in [5.74, 6) is -0.949. The summed E-state index contributed by atoms with van der Waals surface area (Å²) in [5.41, 5.74) is 0. The highest BCUT2D eigenvalue weighted by Crippen LogP contribution is 2.36. The van der Waals surface area contributed by atoms with E-state index in [1.165, 1.54) is 116 Å². The van der Waals surface area contributed by atoms with Gasteiger partial charge in [0.2, 0.25) is 0 Å². The highest BCUT2D eigenvalue weighted by Gasteiger charge is 2.22. The number of hydrogen-bond donors (Lipinski definition) is 2. The van der Waals surface area contributed by atoms with E-state index in [1.807, 2.05) is 6.08 Å². The third-order valence-electron chi connectivity index (χ3n) is 9.55. The highest BCUT2D eigenvalue weighted by molar-refractivity contribution is 7.46. The predicted molar refractivity (Wildman–Crippen MR) is 234 cm³/mol. The Balaban J connectivity index is 3.93. The second kappa shape index (κ2) is 42.4. The summed E-state index contributed by atoms with van der Waals surface area (Å²) in [6.07, 6.45) is 53.9. The fourth-order valence-electron chi connectivity index (χ4n) is 6.23. The van der Waals surface area contributed by atoms with E-state index in [2.05, 4.69) is 73.1 Å². The van der Waals surface area contributed by atoms with Gasteiger partial charge >= 0.3 is 19.8 Å². The number of unbranched alkanes of at least 4 members (excludes halogenated alkanes) is 21. The van der Waals surface area contributed by atoms with Crippen molar-refractivity contribution in [1.82, 2.24) is 0 Å². The van der Waals surface area contributed by atoms with Crippen molar-refractivity contribution in [3.05, 3.63) is 60.8 Å². The zero-order valence-corrected chi connectivity index (χ0v) is 36.7. The van der Waals surface area contributed by atoms with Gasteiger partial charge in [0.15, 0.2) is 6.10 Å². The maximum Gasteiger partial charge on any atom is 0.469 e. The van der Waals surface area contributed by atoms with Crippen molar-refractivity contribution in [1.29, 1.82) is 0 Å². The van der Waals surface area contributed by atoms with E-state index in [0.717, 1.165) is 51.4 Å². The summed E-state index contributed by atoms with van der Waals surface area (Å²) in [6, 6.07) is 0. The number of hydrogen-bond acceptors (Lipinski definition) is 6. The van der Waals surface area contributed by atoms with Crippen LogP contribution in [0, 0.1) is 0 Å². The molecule has 1 atom stereocenters. The van der Waals surface area contributed by atoms with Crippen LogP contribution in [0.1, 0.15) is 206 Å². The molecule has 8 nitrogen and oxygen atoms in total. The molecule has 0 aliphatic rings. The quantitative estimate of drug-likeness (QED) is 0.0271. The van der Waals surface area contributed by atoms with E-state index in [1.54, 1.807) is 0 Å². The van der Waals surface area contributed by atoms with Crippen molar-refractivity contribution < 1.29 is 37.9 Å². The molecule has 2 N–H and O–H groups in total. The van der Waals surface area contributed by atoms with Crippen LogP contribution in [0.4, 0.5) is 0 Å². The van der Waals surface area contributed by atoms with Gasteiger partial charge in [0.1, 0.15) is 6.61 Å². The molecular weight excluding hydrogens is 723 g/mol. The summed E-state index contributed by atoms with van der Waals surface area (Å²) >= 11 is 0. The lowest BCUT2D eigenvalue weighted by Crippen LogP contribution is -2.29. The number of carbonyl (C=O) groups excluding carboxylic acids is 2. The van der Waals surface area contributed by atoms with Crippen LogP contribution in [0.3, 0.4) is 0 Å². The monoisotopic (exact) mass is 807 g/mol. The van der Waals surface area contributed by atoms with Gasteiger partial charge in [-0.3, -0.25) is 14.1 Å². The van der Waals surface area contributed by atoms with E-state index < -0.39 is 32.5 Å². The minimum atomic E-state index is -4.77. The molecule has 0 aliphatic heterocycles. The maximum atomic E-state index is 12.4. The summed E-state index contributed by atoms with van der Waals surface area (Å²) in [4.78, 5) is 42.9. The SMILES string of the molecule is CC/C=C\C/C=C\C/C=C\C/C=C\C/C=C\CCCC(=O)O[C@H](COC(=O)CCCCCCCCCCCCCCCCCCCCCCC)COP(=O)(O)O. The molecule has 0 spiro atoms. The van der Waals surface area contributed by atoms with Gasteiger partial charge in [-0.25, -0.2) is 4.57 Å². The fraction of sp³-hybridized carbons (Fsp3) is 0.745. The Morgan fingerprint density at radius 1 is 0.482 bits per heavy atom. The first-order chi connectivity index (χ1) is 27.3. The van der Waals surface area contributed by atoms with Crippen LogP contribution in [0.15, 0.2) is 60.8 Å². The van der Waals surface area contributed by atoms with Crippen molar-refractivity contribution in [2.75, 3.05) is 13.2 Å². The van der Waals surface area contributed by atoms with E-state index in [-0.39, 0.29) is 19.4 Å². The van der Waals surface area contributed by atoms with E-state index >= 15 is 0 Å². The first-order valence-corrected chi connectivity index (χ1v) is 24.1. The third-order valence-corrected chi connectivity index (χ3v) is 10.0. The minimum absolute atomic E-state index is 0.133. The van der Waals surface area contributed by atoms with Gasteiger partial charge in [0.25, 0.3) is 0 Å². The zero-order valence-electron chi connectivity index (χ0n) is 35.8. The largest absolute Gasteiger partial charge is 0.469 e. The Morgan fingerprint density at radius 3 is 1.27 bits per heavy atom. The first kappa shape index (κ1) is 53.8. The smallest absolute Gasteiger partial charge is 0.462 e. The van der Waals surface area contributed by atoms with Gasteiger partial charge in [-0.1, -0.05) is 203 Å². The molecule has 0 radical (unpaired) electrons. The summed E-state index contributed by atoms with van der Waals surface area (Å²) in [7, 11) is -4.77. The predicted octanol–water partition coefficient (Wildman–Crippen LogP) is 14.1. The Labute approximate surface area is 343 Å².